The van der Waals surface area contributed by atoms with Gasteiger partial charge in [-0.1, -0.05) is 39.0 Å². The summed E-state index contributed by atoms with van der Waals surface area (Å²) in [4.78, 5) is 13.8. The smallest absolute Gasteiger partial charge is 0.311 e. The van der Waals surface area contributed by atoms with Crippen LogP contribution in [0.15, 0.2) is 36.4 Å². The molecular formula is C26H35NO3. The van der Waals surface area contributed by atoms with Crippen LogP contribution in [0.25, 0.3) is 10.8 Å². The van der Waals surface area contributed by atoms with Crippen molar-refractivity contribution < 1.29 is 14.3 Å². The molecular weight excluding hydrogens is 374 g/mol. The van der Waals surface area contributed by atoms with Gasteiger partial charge in [-0.2, -0.15) is 0 Å². The summed E-state index contributed by atoms with van der Waals surface area (Å²) in [7, 11) is 1.46. The predicted molar refractivity (Wildman–Crippen MR) is 121 cm³/mol. The number of carbonyl (C=O) groups is 1. The van der Waals surface area contributed by atoms with Crippen molar-refractivity contribution in [1.29, 1.82) is 0 Å². The molecule has 4 rings (SSSR count). The lowest BCUT2D eigenvalue weighted by Crippen LogP contribution is -2.49. The number of fused-ring (bicyclic) bond motifs is 1. The molecule has 1 saturated heterocycles. The molecule has 0 aromatic heterocycles. The monoisotopic (exact) mass is 409 g/mol. The highest BCUT2D eigenvalue weighted by Gasteiger charge is 2.33. The van der Waals surface area contributed by atoms with Gasteiger partial charge in [-0.15, -0.1) is 0 Å². The van der Waals surface area contributed by atoms with Crippen LogP contribution < -0.4 is 4.74 Å². The van der Waals surface area contributed by atoms with Crippen LogP contribution in [-0.4, -0.2) is 37.2 Å². The number of ether oxygens (including phenoxy) is 2. The van der Waals surface area contributed by atoms with Gasteiger partial charge in [-0.25, -0.2) is 0 Å². The summed E-state index contributed by atoms with van der Waals surface area (Å²) < 4.78 is 11.2. The molecule has 4 heteroatoms. The van der Waals surface area contributed by atoms with E-state index in [9.17, 15) is 4.79 Å². The molecule has 0 bridgehead atoms. The zero-order valence-electron chi connectivity index (χ0n) is 18.8. The minimum atomic E-state index is -0.0933. The Morgan fingerprint density at radius 1 is 1.00 bits per heavy atom. The molecule has 1 heterocycles. The van der Waals surface area contributed by atoms with Gasteiger partial charge < -0.3 is 9.47 Å². The van der Waals surface area contributed by atoms with E-state index in [4.69, 9.17) is 9.47 Å². The molecule has 0 amide bonds. The van der Waals surface area contributed by atoms with E-state index in [1.54, 1.807) is 0 Å². The van der Waals surface area contributed by atoms with Gasteiger partial charge in [0.1, 0.15) is 5.75 Å². The van der Waals surface area contributed by atoms with E-state index in [-0.39, 0.29) is 11.9 Å². The molecule has 1 aliphatic heterocycles. The molecule has 4 nitrogen and oxygen atoms in total. The molecule has 30 heavy (non-hydrogen) atoms. The summed E-state index contributed by atoms with van der Waals surface area (Å²) >= 11 is 0. The summed E-state index contributed by atoms with van der Waals surface area (Å²) in [5, 5.41) is 2.46. The molecule has 0 spiro atoms. The Morgan fingerprint density at radius 2 is 1.67 bits per heavy atom. The third-order valence-electron chi connectivity index (χ3n) is 6.98. The van der Waals surface area contributed by atoms with Crippen molar-refractivity contribution >= 4 is 16.7 Å². The van der Waals surface area contributed by atoms with Crippen molar-refractivity contribution in [3.63, 3.8) is 0 Å². The third-order valence-corrected chi connectivity index (χ3v) is 6.98. The molecule has 0 N–H and O–H groups in total. The number of benzene rings is 2. The Hall–Kier alpha value is -2.07. The quantitative estimate of drug-likeness (QED) is 0.618. The number of esters is 1. The SMILES string of the molecule is COC(=O)C1CN(Cc2ccc3cc(O[C@H]4CC[C@@H](C(C)(C)C)CC4)ccc3c2)C1. The van der Waals surface area contributed by atoms with E-state index in [2.05, 4.69) is 62.1 Å². The summed E-state index contributed by atoms with van der Waals surface area (Å²) in [6.45, 7) is 9.52. The highest BCUT2D eigenvalue weighted by atomic mass is 16.5. The van der Waals surface area contributed by atoms with Gasteiger partial charge in [0.25, 0.3) is 0 Å². The van der Waals surface area contributed by atoms with Crippen molar-refractivity contribution in [3.8, 4) is 5.75 Å². The van der Waals surface area contributed by atoms with Gasteiger partial charge in [0, 0.05) is 19.6 Å². The first-order valence-electron chi connectivity index (χ1n) is 11.3. The van der Waals surface area contributed by atoms with Crippen LogP contribution in [0.2, 0.25) is 0 Å². The number of rotatable bonds is 5. The second-order valence-corrected chi connectivity index (χ2v) is 10.2. The van der Waals surface area contributed by atoms with E-state index in [0.29, 0.717) is 11.5 Å². The van der Waals surface area contributed by atoms with Crippen LogP contribution in [0, 0.1) is 17.3 Å². The summed E-state index contributed by atoms with van der Waals surface area (Å²) in [6.07, 6.45) is 5.17. The predicted octanol–water partition coefficient (Wildman–Crippen LogP) is 5.43. The van der Waals surface area contributed by atoms with Crippen LogP contribution in [0.4, 0.5) is 0 Å². The number of hydrogen-bond donors (Lipinski definition) is 0. The molecule has 0 atom stereocenters. The second-order valence-electron chi connectivity index (χ2n) is 10.2. The molecule has 2 aromatic rings. The normalized spacial score (nSPS) is 23.2. The third kappa shape index (κ3) is 4.80. The molecule has 0 unspecified atom stereocenters. The Balaban J connectivity index is 1.33. The van der Waals surface area contributed by atoms with Crippen molar-refractivity contribution in [2.75, 3.05) is 20.2 Å². The summed E-state index contributed by atoms with van der Waals surface area (Å²) in [5.41, 5.74) is 1.68. The minimum Gasteiger partial charge on any atom is -0.490 e. The lowest BCUT2D eigenvalue weighted by Gasteiger charge is -2.37. The lowest BCUT2D eigenvalue weighted by molar-refractivity contribution is -0.151. The van der Waals surface area contributed by atoms with E-state index in [1.165, 1.54) is 36.3 Å². The van der Waals surface area contributed by atoms with Gasteiger partial charge in [0.2, 0.25) is 0 Å². The van der Waals surface area contributed by atoms with Crippen molar-refractivity contribution in [3.05, 3.63) is 42.0 Å². The standard InChI is InChI=1S/C26H35NO3/c1-26(2,3)22-8-11-23(12-9-22)30-24-10-7-19-13-18(5-6-20(19)14-24)15-27-16-21(17-27)25(28)29-4/h5-7,10,13-14,21-23H,8-9,11-12,15-17H2,1-4H3/t22-,23+. The first-order valence-corrected chi connectivity index (χ1v) is 11.3. The van der Waals surface area contributed by atoms with Crippen molar-refractivity contribution in [2.45, 2.75) is 59.1 Å². The molecule has 1 aliphatic carbocycles. The fourth-order valence-electron chi connectivity index (χ4n) is 4.96. The summed E-state index contributed by atoms with van der Waals surface area (Å²) in [5.74, 6) is 1.73. The number of nitrogens with zero attached hydrogens (tertiary/aromatic N) is 1. The number of likely N-dealkylation sites (tertiary alicyclic amines) is 1. The molecule has 2 aromatic carbocycles. The maximum Gasteiger partial charge on any atom is 0.311 e. The number of carbonyl (C=O) groups excluding carboxylic acids is 1. The zero-order chi connectivity index (χ0) is 21.3. The van der Waals surface area contributed by atoms with Crippen LogP contribution in [0.3, 0.4) is 0 Å². The van der Waals surface area contributed by atoms with Crippen molar-refractivity contribution in [1.82, 2.24) is 4.90 Å². The Kier molecular flexibility index (Phi) is 6.06. The zero-order valence-corrected chi connectivity index (χ0v) is 18.8. The lowest BCUT2D eigenvalue weighted by atomic mass is 9.72. The first-order chi connectivity index (χ1) is 14.3. The Bertz CT molecular complexity index is 887. The number of hydrogen-bond acceptors (Lipinski definition) is 4. The highest BCUT2D eigenvalue weighted by molar-refractivity contribution is 5.84. The molecule has 0 radical (unpaired) electrons. The maximum atomic E-state index is 11.5. The van der Waals surface area contributed by atoms with E-state index in [1.807, 2.05) is 0 Å². The van der Waals surface area contributed by atoms with Gasteiger partial charge >= 0.3 is 5.97 Å². The topological polar surface area (TPSA) is 38.8 Å². The van der Waals surface area contributed by atoms with Crippen LogP contribution in [0.1, 0.15) is 52.0 Å². The fraction of sp³-hybridized carbons (Fsp3) is 0.577. The average molecular weight is 410 g/mol. The van der Waals surface area contributed by atoms with E-state index < -0.39 is 0 Å². The van der Waals surface area contributed by atoms with Crippen LogP contribution >= 0.6 is 0 Å². The molecule has 1 saturated carbocycles. The van der Waals surface area contributed by atoms with Crippen molar-refractivity contribution in [2.24, 2.45) is 17.3 Å². The minimum absolute atomic E-state index is 0.0358. The van der Waals surface area contributed by atoms with Crippen LogP contribution in [-0.2, 0) is 16.1 Å². The van der Waals surface area contributed by atoms with E-state index in [0.717, 1.165) is 44.1 Å². The molecule has 2 aliphatic rings. The van der Waals surface area contributed by atoms with Crippen LogP contribution in [0.5, 0.6) is 5.75 Å². The first kappa shape index (κ1) is 21.2. The van der Waals surface area contributed by atoms with Gasteiger partial charge in [0.05, 0.1) is 19.1 Å². The highest BCUT2D eigenvalue weighted by Crippen LogP contribution is 2.39. The van der Waals surface area contributed by atoms with Gasteiger partial charge in [0.15, 0.2) is 0 Å². The summed E-state index contributed by atoms with van der Waals surface area (Å²) in [6, 6.07) is 13.1. The van der Waals surface area contributed by atoms with Gasteiger partial charge in [-0.3, -0.25) is 9.69 Å². The Labute approximate surface area is 180 Å². The second kappa shape index (κ2) is 8.58. The largest absolute Gasteiger partial charge is 0.490 e. The van der Waals surface area contributed by atoms with Gasteiger partial charge in [-0.05, 0) is 71.6 Å². The number of methoxy groups -OCH3 is 1. The van der Waals surface area contributed by atoms with E-state index >= 15 is 0 Å². The average Bonchev–Trinajstić information content (AvgIpc) is 2.69. The molecule has 2 fully saturated rings. The Morgan fingerprint density at radius 3 is 2.33 bits per heavy atom. The maximum absolute atomic E-state index is 11.5. The fourth-order valence-corrected chi connectivity index (χ4v) is 4.96. The molecule has 162 valence electrons.